The highest BCUT2D eigenvalue weighted by Crippen LogP contribution is 2.36. The second-order valence-electron chi connectivity index (χ2n) is 8.53. The second kappa shape index (κ2) is 9.53. The molecule has 6 nitrogen and oxygen atoms in total. The molecule has 170 valence electrons. The van der Waals surface area contributed by atoms with E-state index < -0.39 is 31.5 Å². The van der Waals surface area contributed by atoms with Crippen molar-refractivity contribution in [2.75, 3.05) is 5.75 Å². The van der Waals surface area contributed by atoms with Crippen LogP contribution in [0.15, 0.2) is 56.0 Å². The smallest absolute Gasteiger partial charge is 0.317 e. The lowest BCUT2D eigenvalue weighted by Gasteiger charge is -2.21. The average Bonchev–Trinajstić information content (AvgIpc) is 2.66. The van der Waals surface area contributed by atoms with Gasteiger partial charge in [0.05, 0.1) is 4.90 Å². The van der Waals surface area contributed by atoms with Gasteiger partial charge in [0.1, 0.15) is 15.5 Å². The van der Waals surface area contributed by atoms with Gasteiger partial charge < -0.3 is 5.11 Å². The number of carboxylic acids is 1. The van der Waals surface area contributed by atoms with Gasteiger partial charge in [0.2, 0.25) is 0 Å². The maximum absolute atomic E-state index is 13.6. The highest BCUT2D eigenvalue weighted by atomic mass is 32.3. The summed E-state index contributed by atoms with van der Waals surface area (Å²) in [6.45, 7) is 11.7. The predicted molar refractivity (Wildman–Crippen MR) is 124 cm³/mol. The van der Waals surface area contributed by atoms with E-state index in [1.54, 1.807) is 18.2 Å². The first kappa shape index (κ1) is 25.1. The molecule has 2 rings (SSSR count). The van der Waals surface area contributed by atoms with Crippen LogP contribution in [0.3, 0.4) is 0 Å². The third-order valence-electron chi connectivity index (χ3n) is 4.99. The monoisotopic (exact) mass is 465 g/mol. The van der Waals surface area contributed by atoms with Gasteiger partial charge in [0.15, 0.2) is 0 Å². The molecule has 0 saturated heterocycles. The van der Waals surface area contributed by atoms with Crippen LogP contribution in [0.5, 0.6) is 0 Å². The molecule has 0 saturated carbocycles. The van der Waals surface area contributed by atoms with Crippen LogP contribution >= 0.6 is 0 Å². The molecule has 1 atom stereocenters. The van der Waals surface area contributed by atoms with Crippen LogP contribution < -0.4 is 0 Å². The van der Waals surface area contributed by atoms with E-state index in [9.17, 15) is 22.5 Å². The molecule has 0 heterocycles. The predicted octanol–water partition coefficient (Wildman–Crippen LogP) is 5.36. The fourth-order valence-electron chi connectivity index (χ4n) is 3.34. The van der Waals surface area contributed by atoms with E-state index in [-0.39, 0.29) is 27.5 Å². The number of rotatable bonds is 8. The Labute approximate surface area is 185 Å². The summed E-state index contributed by atoms with van der Waals surface area (Å²) in [4.78, 5) is 11.6. The summed E-state index contributed by atoms with van der Waals surface area (Å²) < 4.78 is 44.6. The number of hydrogen-bond acceptors (Lipinski definition) is 4. The van der Waals surface area contributed by atoms with Crippen LogP contribution in [0.25, 0.3) is 0 Å². The van der Waals surface area contributed by atoms with E-state index >= 15 is 0 Å². The first-order chi connectivity index (χ1) is 14.3. The number of nitrogens with zero attached hydrogens (tertiary/aromatic N) is 1. The van der Waals surface area contributed by atoms with Crippen molar-refractivity contribution >= 4 is 25.7 Å². The van der Waals surface area contributed by atoms with Gasteiger partial charge in [-0.15, -0.1) is 3.77 Å². The van der Waals surface area contributed by atoms with Gasteiger partial charge >= 0.3 is 5.97 Å². The minimum atomic E-state index is -4.42. The lowest BCUT2D eigenvalue weighted by Crippen LogP contribution is -2.18. The Morgan fingerprint density at radius 1 is 0.871 bits per heavy atom. The van der Waals surface area contributed by atoms with Gasteiger partial charge in [-0.3, -0.25) is 4.79 Å². The molecular weight excluding hydrogens is 434 g/mol. The molecule has 0 spiro atoms. The van der Waals surface area contributed by atoms with Crippen LogP contribution in [-0.4, -0.2) is 29.5 Å². The molecule has 2 aromatic carbocycles. The lowest BCUT2D eigenvalue weighted by atomic mass is 9.89. The minimum absolute atomic E-state index is 0.0379. The molecule has 0 aromatic heterocycles. The van der Waals surface area contributed by atoms with Gasteiger partial charge in [-0.2, -0.15) is 8.42 Å². The van der Waals surface area contributed by atoms with Gasteiger partial charge in [-0.25, -0.2) is 4.21 Å². The Kier molecular flexibility index (Phi) is 7.70. The van der Waals surface area contributed by atoms with Crippen molar-refractivity contribution in [2.24, 2.45) is 3.77 Å². The normalized spacial score (nSPS) is 14.1. The van der Waals surface area contributed by atoms with E-state index in [1.165, 1.54) is 12.1 Å². The van der Waals surface area contributed by atoms with Crippen molar-refractivity contribution in [3.63, 3.8) is 0 Å². The van der Waals surface area contributed by atoms with E-state index in [1.807, 2.05) is 53.7 Å². The molecule has 31 heavy (non-hydrogen) atoms. The number of benzene rings is 2. The largest absolute Gasteiger partial charge is 0.481 e. The van der Waals surface area contributed by atoms with Gasteiger partial charge in [0, 0.05) is 4.90 Å². The topological polar surface area (TPSA) is 101 Å². The molecule has 0 radical (unpaired) electrons. The third-order valence-corrected chi connectivity index (χ3v) is 9.37. The third kappa shape index (κ3) is 5.74. The van der Waals surface area contributed by atoms with E-state index in [0.717, 1.165) is 5.56 Å². The molecule has 0 aliphatic heterocycles. The maximum Gasteiger partial charge on any atom is 0.317 e. The molecule has 0 fully saturated rings. The van der Waals surface area contributed by atoms with E-state index in [0.29, 0.717) is 11.1 Å². The van der Waals surface area contributed by atoms with Crippen molar-refractivity contribution in [1.29, 1.82) is 0 Å². The SMILES string of the molecule is CC(C)c1cc(C(C)C)c(S(=O)(=O)N=S(=O)(CC(=O)O)c2ccccc2)c(C(C)C)c1. The van der Waals surface area contributed by atoms with Crippen LogP contribution in [0, 0.1) is 0 Å². The first-order valence-corrected chi connectivity index (χ1v) is 13.4. The number of hydrogen-bond donors (Lipinski definition) is 1. The van der Waals surface area contributed by atoms with E-state index in [4.69, 9.17) is 0 Å². The standard InChI is InChI=1S/C23H31NO5S2/c1-15(2)18-12-20(16(3)4)23(21(13-18)17(5)6)31(28,29)24-30(27,14-22(25)26)19-10-8-7-9-11-19/h7-13,15-17H,14H2,1-6H3,(H,25,26). The lowest BCUT2D eigenvalue weighted by molar-refractivity contribution is -0.134. The van der Waals surface area contributed by atoms with Crippen molar-refractivity contribution in [3.05, 3.63) is 59.2 Å². The summed E-state index contributed by atoms with van der Waals surface area (Å²) >= 11 is 0. The summed E-state index contributed by atoms with van der Waals surface area (Å²) in [5.41, 5.74) is 2.22. The van der Waals surface area contributed by atoms with Gasteiger partial charge in [-0.05, 0) is 46.6 Å². The number of aliphatic carboxylic acids is 1. The Balaban J connectivity index is 2.93. The summed E-state index contributed by atoms with van der Waals surface area (Å²) in [6, 6.07) is 11.5. The van der Waals surface area contributed by atoms with Crippen LogP contribution in [0.4, 0.5) is 0 Å². The van der Waals surface area contributed by atoms with Crippen LogP contribution in [0.1, 0.15) is 76.0 Å². The average molecular weight is 466 g/mol. The van der Waals surface area contributed by atoms with Crippen molar-refractivity contribution < 1.29 is 22.5 Å². The van der Waals surface area contributed by atoms with Crippen LogP contribution in [-0.2, 0) is 24.5 Å². The maximum atomic E-state index is 13.6. The highest BCUT2D eigenvalue weighted by Gasteiger charge is 2.30. The van der Waals surface area contributed by atoms with Crippen molar-refractivity contribution in [1.82, 2.24) is 0 Å². The molecule has 2 aromatic rings. The molecular formula is C23H31NO5S2. The first-order valence-electron chi connectivity index (χ1n) is 10.2. The minimum Gasteiger partial charge on any atom is -0.481 e. The van der Waals surface area contributed by atoms with Gasteiger partial charge in [-0.1, -0.05) is 71.9 Å². The fourth-order valence-corrected chi connectivity index (χ4v) is 7.73. The number of sulfonamides is 1. The highest BCUT2D eigenvalue weighted by molar-refractivity contribution is 8.03. The molecule has 8 heteroatoms. The molecule has 0 amide bonds. The zero-order valence-electron chi connectivity index (χ0n) is 18.8. The summed E-state index contributed by atoms with van der Waals surface area (Å²) in [6.07, 6.45) is 0. The van der Waals surface area contributed by atoms with Crippen molar-refractivity contribution in [3.8, 4) is 0 Å². The fraction of sp³-hybridized carbons (Fsp3) is 0.435. The molecule has 0 aliphatic rings. The Morgan fingerprint density at radius 3 is 1.74 bits per heavy atom. The number of carbonyl (C=O) groups is 1. The number of carboxylic acid groups (broad SMARTS) is 1. The second-order valence-corrected chi connectivity index (χ2v) is 12.5. The molecule has 1 unspecified atom stereocenters. The summed E-state index contributed by atoms with van der Waals surface area (Å²) in [5.74, 6) is -2.32. The molecule has 1 N–H and O–H groups in total. The zero-order valence-corrected chi connectivity index (χ0v) is 20.5. The zero-order chi connectivity index (χ0) is 23.6. The van der Waals surface area contributed by atoms with E-state index in [2.05, 4.69) is 3.77 Å². The Bertz CT molecular complexity index is 1140. The summed E-state index contributed by atoms with van der Waals surface area (Å²) in [7, 11) is -8.17. The Hall–Kier alpha value is -2.19. The quantitative estimate of drug-likeness (QED) is 0.566. The summed E-state index contributed by atoms with van der Waals surface area (Å²) in [5, 5.41) is 9.33. The van der Waals surface area contributed by atoms with Crippen molar-refractivity contribution in [2.45, 2.75) is 69.1 Å². The Morgan fingerprint density at radius 2 is 1.35 bits per heavy atom. The van der Waals surface area contributed by atoms with Gasteiger partial charge in [0.25, 0.3) is 10.0 Å². The molecule has 0 aliphatic carbocycles. The molecule has 0 bridgehead atoms. The van der Waals surface area contributed by atoms with Crippen LogP contribution in [0.2, 0.25) is 0 Å².